The van der Waals surface area contributed by atoms with E-state index in [1.165, 1.54) is 29.5 Å². The molecule has 2 nitrogen and oxygen atoms in total. The van der Waals surface area contributed by atoms with Gasteiger partial charge in [0.2, 0.25) is 0 Å². The molecule has 0 saturated carbocycles. The molecule has 0 unspecified atom stereocenters. The van der Waals surface area contributed by atoms with E-state index in [0.29, 0.717) is 6.54 Å². The van der Waals surface area contributed by atoms with E-state index in [4.69, 9.17) is 11.6 Å². The number of amides is 1. The zero-order valence-electron chi connectivity index (χ0n) is 9.04. The van der Waals surface area contributed by atoms with E-state index in [9.17, 15) is 9.18 Å². The molecule has 1 amide bonds. The van der Waals surface area contributed by atoms with Gasteiger partial charge in [0.1, 0.15) is 5.82 Å². The molecule has 0 spiro atoms. The van der Waals surface area contributed by atoms with E-state index in [1.54, 1.807) is 0 Å². The Kier molecular flexibility index (Phi) is 4.37. The summed E-state index contributed by atoms with van der Waals surface area (Å²) in [6.07, 6.45) is 0. The van der Waals surface area contributed by atoms with Crippen molar-refractivity contribution < 1.29 is 9.18 Å². The van der Waals surface area contributed by atoms with Gasteiger partial charge in [-0.05, 0) is 40.2 Å². The van der Waals surface area contributed by atoms with Gasteiger partial charge in [-0.1, -0.05) is 17.7 Å². The van der Waals surface area contributed by atoms with Crippen molar-refractivity contribution in [1.29, 1.82) is 0 Å². The third kappa shape index (κ3) is 3.10. The lowest BCUT2D eigenvalue weighted by Gasteiger charge is -2.05. The van der Waals surface area contributed by atoms with Crippen molar-refractivity contribution in [1.82, 2.24) is 5.32 Å². The minimum absolute atomic E-state index is 0.146. The summed E-state index contributed by atoms with van der Waals surface area (Å²) in [7, 11) is 0. The van der Waals surface area contributed by atoms with Gasteiger partial charge in [-0.3, -0.25) is 4.79 Å². The molecule has 1 aromatic carbocycles. The second-order valence-corrected chi connectivity index (χ2v) is 6.42. The first-order valence-electron chi connectivity index (χ1n) is 5.04. The summed E-state index contributed by atoms with van der Waals surface area (Å²) in [5.41, 5.74) is 0.146. The molecule has 0 bridgehead atoms. The molecular formula is C12H8BrClFNOS. The quantitative estimate of drug-likeness (QED) is 0.883. The Morgan fingerprint density at radius 3 is 2.83 bits per heavy atom. The molecule has 0 aliphatic heterocycles. The first kappa shape index (κ1) is 13.5. The summed E-state index contributed by atoms with van der Waals surface area (Å²) in [4.78, 5) is 12.8. The molecule has 1 N–H and O–H groups in total. The third-order valence-electron chi connectivity index (χ3n) is 2.25. The zero-order valence-corrected chi connectivity index (χ0v) is 12.2. The number of rotatable bonds is 3. The second-order valence-electron chi connectivity index (χ2n) is 3.49. The van der Waals surface area contributed by atoms with E-state index in [0.717, 1.165) is 8.66 Å². The Balaban J connectivity index is 2.06. The zero-order chi connectivity index (χ0) is 13.1. The smallest absolute Gasteiger partial charge is 0.253 e. The molecule has 1 heterocycles. The summed E-state index contributed by atoms with van der Waals surface area (Å²) in [5.74, 6) is -0.979. The molecule has 0 radical (unpaired) electrons. The Bertz CT molecular complexity index is 587. The van der Waals surface area contributed by atoms with Crippen LogP contribution in [0.25, 0.3) is 0 Å². The highest BCUT2D eigenvalue weighted by atomic mass is 79.9. The number of hydrogen-bond donors (Lipinski definition) is 1. The van der Waals surface area contributed by atoms with E-state index >= 15 is 0 Å². The van der Waals surface area contributed by atoms with Crippen LogP contribution < -0.4 is 5.32 Å². The SMILES string of the molecule is O=C(NCc1ccc(Br)s1)c1cccc(F)c1Cl. The van der Waals surface area contributed by atoms with Crippen LogP contribution in [0.2, 0.25) is 5.02 Å². The van der Waals surface area contributed by atoms with Crippen molar-refractivity contribution in [2.45, 2.75) is 6.54 Å². The lowest BCUT2D eigenvalue weighted by molar-refractivity contribution is 0.0951. The number of carbonyl (C=O) groups excluding carboxylic acids is 1. The number of thiophene rings is 1. The monoisotopic (exact) mass is 347 g/mol. The van der Waals surface area contributed by atoms with Crippen LogP contribution in [-0.2, 0) is 6.54 Å². The van der Waals surface area contributed by atoms with Gasteiger partial charge in [-0.25, -0.2) is 4.39 Å². The van der Waals surface area contributed by atoms with Crippen molar-refractivity contribution in [3.63, 3.8) is 0 Å². The molecule has 2 rings (SSSR count). The number of carbonyl (C=O) groups is 1. The first-order chi connectivity index (χ1) is 8.58. The summed E-state index contributed by atoms with van der Waals surface area (Å²) >= 11 is 10.6. The van der Waals surface area contributed by atoms with Gasteiger partial charge in [0, 0.05) is 4.88 Å². The fourth-order valence-corrected chi connectivity index (χ4v) is 3.02. The van der Waals surface area contributed by atoms with Crippen LogP contribution in [0.4, 0.5) is 4.39 Å². The summed E-state index contributed by atoms with van der Waals surface area (Å²) < 4.78 is 14.2. The summed E-state index contributed by atoms with van der Waals surface area (Å²) in [6.45, 7) is 0.391. The largest absolute Gasteiger partial charge is 0.347 e. The fraction of sp³-hybridized carbons (Fsp3) is 0.0833. The Morgan fingerprint density at radius 1 is 1.39 bits per heavy atom. The van der Waals surface area contributed by atoms with E-state index in [2.05, 4.69) is 21.2 Å². The minimum Gasteiger partial charge on any atom is -0.347 e. The number of benzene rings is 1. The van der Waals surface area contributed by atoms with Crippen LogP contribution in [0.1, 0.15) is 15.2 Å². The predicted octanol–water partition coefficient (Wildman–Crippen LogP) is 4.23. The molecular weight excluding hydrogens is 341 g/mol. The molecule has 0 aliphatic rings. The Morgan fingerprint density at radius 2 is 2.17 bits per heavy atom. The molecule has 0 saturated heterocycles. The molecule has 1 aromatic heterocycles. The minimum atomic E-state index is -0.594. The van der Waals surface area contributed by atoms with Crippen molar-refractivity contribution in [3.8, 4) is 0 Å². The maximum atomic E-state index is 13.2. The molecule has 18 heavy (non-hydrogen) atoms. The number of nitrogens with one attached hydrogen (secondary N) is 1. The van der Waals surface area contributed by atoms with Crippen molar-refractivity contribution >= 4 is 44.8 Å². The molecule has 2 aromatic rings. The van der Waals surface area contributed by atoms with Crippen LogP contribution >= 0.6 is 38.9 Å². The van der Waals surface area contributed by atoms with Crippen LogP contribution in [0, 0.1) is 5.82 Å². The van der Waals surface area contributed by atoms with Crippen LogP contribution in [0.5, 0.6) is 0 Å². The maximum absolute atomic E-state index is 13.2. The standard InChI is InChI=1S/C12H8BrClFNOS/c13-10-5-4-7(18-10)6-16-12(17)8-2-1-3-9(15)11(8)14/h1-5H,6H2,(H,16,17). The lowest BCUT2D eigenvalue weighted by atomic mass is 10.2. The van der Waals surface area contributed by atoms with Crippen LogP contribution in [-0.4, -0.2) is 5.91 Å². The highest BCUT2D eigenvalue weighted by molar-refractivity contribution is 9.11. The van der Waals surface area contributed by atoms with Crippen molar-refractivity contribution in [2.75, 3.05) is 0 Å². The van der Waals surface area contributed by atoms with Gasteiger partial charge in [0.05, 0.1) is 20.9 Å². The third-order valence-corrected chi connectivity index (χ3v) is 4.26. The van der Waals surface area contributed by atoms with Crippen LogP contribution in [0.3, 0.4) is 0 Å². The van der Waals surface area contributed by atoms with E-state index in [1.807, 2.05) is 12.1 Å². The molecule has 0 atom stereocenters. The lowest BCUT2D eigenvalue weighted by Crippen LogP contribution is -2.22. The number of halogens is 3. The van der Waals surface area contributed by atoms with Gasteiger partial charge in [-0.15, -0.1) is 11.3 Å². The Hall–Kier alpha value is -0.910. The van der Waals surface area contributed by atoms with Gasteiger partial charge < -0.3 is 5.32 Å². The van der Waals surface area contributed by atoms with Gasteiger partial charge in [0.25, 0.3) is 5.91 Å². The molecule has 0 fully saturated rings. The van der Waals surface area contributed by atoms with E-state index in [-0.39, 0.29) is 16.5 Å². The van der Waals surface area contributed by atoms with Crippen molar-refractivity contribution in [2.24, 2.45) is 0 Å². The topological polar surface area (TPSA) is 29.1 Å². The molecule has 0 aliphatic carbocycles. The Labute approximate surface area is 121 Å². The van der Waals surface area contributed by atoms with Crippen LogP contribution in [0.15, 0.2) is 34.1 Å². The summed E-state index contributed by atoms with van der Waals surface area (Å²) in [5, 5.41) is 2.55. The van der Waals surface area contributed by atoms with E-state index < -0.39 is 5.82 Å². The molecule has 6 heteroatoms. The fourth-order valence-electron chi connectivity index (χ4n) is 1.39. The first-order valence-corrected chi connectivity index (χ1v) is 7.03. The second kappa shape index (κ2) is 5.82. The summed E-state index contributed by atoms with van der Waals surface area (Å²) in [6, 6.07) is 7.97. The van der Waals surface area contributed by atoms with Gasteiger partial charge >= 0.3 is 0 Å². The average molecular weight is 349 g/mol. The van der Waals surface area contributed by atoms with Gasteiger partial charge in [-0.2, -0.15) is 0 Å². The van der Waals surface area contributed by atoms with Crippen molar-refractivity contribution in [3.05, 3.63) is 55.4 Å². The highest BCUT2D eigenvalue weighted by Gasteiger charge is 2.13. The van der Waals surface area contributed by atoms with Gasteiger partial charge in [0.15, 0.2) is 0 Å². The highest BCUT2D eigenvalue weighted by Crippen LogP contribution is 2.22. The normalized spacial score (nSPS) is 10.4. The average Bonchev–Trinajstić information content (AvgIpc) is 2.76. The molecule has 94 valence electrons. The number of hydrogen-bond acceptors (Lipinski definition) is 2. The maximum Gasteiger partial charge on any atom is 0.253 e. The predicted molar refractivity (Wildman–Crippen MR) is 74.6 cm³/mol.